The molecule has 0 radical (unpaired) electrons. The van der Waals surface area contributed by atoms with E-state index in [2.05, 4.69) is 14.8 Å². The zero-order chi connectivity index (χ0) is 20.2. The van der Waals surface area contributed by atoms with Crippen LogP contribution in [0.1, 0.15) is 56.2 Å². The number of likely N-dealkylation sites (tertiary alicyclic amines) is 1. The second kappa shape index (κ2) is 10.3. The average Bonchev–Trinajstić information content (AvgIpc) is 3.46. The molecule has 1 saturated carbocycles. The van der Waals surface area contributed by atoms with Crippen LogP contribution in [-0.4, -0.2) is 73.8 Å². The van der Waals surface area contributed by atoms with E-state index in [0.717, 1.165) is 43.3 Å². The maximum Gasteiger partial charge on any atom is 0.186 e. The Morgan fingerprint density at radius 3 is 2.45 bits per heavy atom. The molecule has 4 rings (SSSR count). The average molecular weight is 441 g/mol. The fourth-order valence-corrected chi connectivity index (χ4v) is 6.45. The molecule has 1 aromatic heterocycles. The van der Waals surface area contributed by atoms with Crippen molar-refractivity contribution in [1.82, 2.24) is 14.8 Å². The smallest absolute Gasteiger partial charge is 0.186 e. The molecule has 0 bridgehead atoms. The van der Waals surface area contributed by atoms with Gasteiger partial charge in [-0.3, -0.25) is 4.90 Å². The van der Waals surface area contributed by atoms with Crippen molar-refractivity contribution < 1.29 is 4.74 Å². The normalized spacial score (nSPS) is 24.8. The van der Waals surface area contributed by atoms with E-state index in [1.165, 1.54) is 69.3 Å². The summed E-state index contributed by atoms with van der Waals surface area (Å²) in [4.78, 5) is 13.2. The lowest BCUT2D eigenvalue weighted by Crippen LogP contribution is -2.43. The van der Waals surface area contributed by atoms with Gasteiger partial charge in [-0.2, -0.15) is 0 Å². The number of hydrogen-bond donors (Lipinski definition) is 0. The van der Waals surface area contributed by atoms with Crippen molar-refractivity contribution >= 4 is 28.1 Å². The highest BCUT2D eigenvalue weighted by Gasteiger charge is 2.29. The summed E-state index contributed by atoms with van der Waals surface area (Å²) in [5.41, 5.74) is 0. The first-order valence-electron chi connectivity index (χ1n) is 11.5. The zero-order valence-electron chi connectivity index (χ0n) is 18.1. The Kier molecular flexibility index (Phi) is 7.73. The van der Waals surface area contributed by atoms with Crippen LogP contribution >= 0.6 is 22.9 Å². The van der Waals surface area contributed by atoms with Crippen molar-refractivity contribution in [2.24, 2.45) is 5.92 Å². The Labute approximate surface area is 185 Å². The Morgan fingerprint density at radius 2 is 1.83 bits per heavy atom. The number of ether oxygens (including phenoxy) is 1. The van der Waals surface area contributed by atoms with Gasteiger partial charge in [-0.1, -0.05) is 35.8 Å². The third-order valence-electron chi connectivity index (χ3n) is 6.88. The summed E-state index contributed by atoms with van der Waals surface area (Å²) in [5, 5.41) is 1.67. The van der Waals surface area contributed by atoms with Crippen LogP contribution < -0.4 is 4.90 Å². The number of rotatable bonds is 8. The molecule has 164 valence electrons. The molecule has 0 unspecified atom stereocenters. The van der Waals surface area contributed by atoms with Crippen molar-refractivity contribution in [1.29, 1.82) is 0 Å². The molecule has 0 N–H and O–H groups in total. The zero-order valence-corrected chi connectivity index (χ0v) is 19.7. The van der Waals surface area contributed by atoms with Gasteiger partial charge in [0.2, 0.25) is 0 Å². The fraction of sp³-hybridized carbons (Fsp3) is 0.864. The number of hydrogen-bond acceptors (Lipinski definition) is 6. The van der Waals surface area contributed by atoms with Crippen molar-refractivity contribution in [3.63, 3.8) is 0 Å². The summed E-state index contributed by atoms with van der Waals surface area (Å²) in [7, 11) is 4.06. The molecule has 1 atom stereocenters. The highest BCUT2D eigenvalue weighted by Crippen LogP contribution is 2.32. The van der Waals surface area contributed by atoms with Gasteiger partial charge in [-0.15, -0.1) is 0 Å². The Balaban J connectivity index is 1.35. The monoisotopic (exact) mass is 440 g/mol. The quantitative estimate of drug-likeness (QED) is 0.594. The van der Waals surface area contributed by atoms with E-state index in [4.69, 9.17) is 16.3 Å². The molecule has 0 spiro atoms. The molecular weight excluding hydrogens is 404 g/mol. The molecule has 1 aromatic rings. The summed E-state index contributed by atoms with van der Waals surface area (Å²) in [6, 6.07) is 0.874. The first kappa shape index (κ1) is 21.8. The molecule has 5 nitrogen and oxygen atoms in total. The largest absolute Gasteiger partial charge is 0.377 e. The fourth-order valence-electron chi connectivity index (χ4n) is 5.23. The van der Waals surface area contributed by atoms with E-state index in [0.29, 0.717) is 11.3 Å². The summed E-state index contributed by atoms with van der Waals surface area (Å²) in [6.07, 6.45) is 11.2. The number of nitrogens with zero attached hydrogens (tertiary/aromatic N) is 4. The van der Waals surface area contributed by atoms with E-state index in [-0.39, 0.29) is 0 Å². The number of piperidine rings is 1. The van der Waals surface area contributed by atoms with Crippen molar-refractivity contribution in [3.05, 3.63) is 10.0 Å². The minimum absolute atomic E-state index is 0.383. The van der Waals surface area contributed by atoms with E-state index in [1.807, 2.05) is 19.0 Å². The van der Waals surface area contributed by atoms with Crippen molar-refractivity contribution in [3.8, 4) is 0 Å². The predicted octanol–water partition coefficient (Wildman–Crippen LogP) is 4.50. The molecule has 0 amide bonds. The van der Waals surface area contributed by atoms with E-state index < -0.39 is 0 Å². The lowest BCUT2D eigenvalue weighted by Gasteiger charge is -2.38. The van der Waals surface area contributed by atoms with Crippen LogP contribution in [0.3, 0.4) is 0 Å². The van der Waals surface area contributed by atoms with Crippen LogP contribution in [-0.2, 0) is 11.3 Å². The summed E-state index contributed by atoms with van der Waals surface area (Å²) in [5.74, 6) is 0.786. The Bertz CT molecular complexity index is 635. The molecule has 3 aliphatic rings. The Hall–Kier alpha value is -0.400. The van der Waals surface area contributed by atoms with Crippen molar-refractivity contribution in [2.45, 2.75) is 70.1 Å². The maximum atomic E-state index is 6.49. The molecule has 2 saturated heterocycles. The second-order valence-electron chi connectivity index (χ2n) is 9.35. The first-order chi connectivity index (χ1) is 14.1. The molecule has 2 aliphatic heterocycles. The van der Waals surface area contributed by atoms with Gasteiger partial charge in [0.1, 0.15) is 5.15 Å². The second-order valence-corrected chi connectivity index (χ2v) is 10.8. The third-order valence-corrected chi connectivity index (χ3v) is 8.51. The molecule has 7 heteroatoms. The van der Waals surface area contributed by atoms with Gasteiger partial charge in [0.05, 0.1) is 11.0 Å². The van der Waals surface area contributed by atoms with Gasteiger partial charge >= 0.3 is 0 Å². The van der Waals surface area contributed by atoms with Gasteiger partial charge < -0.3 is 14.5 Å². The van der Waals surface area contributed by atoms with Crippen LogP contribution in [0.15, 0.2) is 0 Å². The number of anilines is 1. The lowest BCUT2D eigenvalue weighted by atomic mass is 9.94. The predicted molar refractivity (Wildman–Crippen MR) is 122 cm³/mol. The number of halogens is 1. The Morgan fingerprint density at radius 1 is 1.07 bits per heavy atom. The highest BCUT2D eigenvalue weighted by molar-refractivity contribution is 7.16. The topological polar surface area (TPSA) is 31.8 Å². The minimum atomic E-state index is 0.383. The SMILES string of the molecule is CN(C)c1nc(Cl)c(CN(CC2CCN(C3CCCC3)CC2)C[C@H]2CCCO2)s1. The van der Waals surface area contributed by atoms with E-state index in [1.54, 1.807) is 11.3 Å². The molecule has 1 aliphatic carbocycles. The van der Waals surface area contributed by atoms with Crippen molar-refractivity contribution in [2.75, 3.05) is 51.8 Å². The van der Waals surface area contributed by atoms with E-state index >= 15 is 0 Å². The minimum Gasteiger partial charge on any atom is -0.377 e. The third kappa shape index (κ3) is 5.85. The van der Waals surface area contributed by atoms with Gasteiger partial charge in [0, 0.05) is 46.4 Å². The number of aromatic nitrogens is 1. The standard InChI is InChI=1S/C22H37ClN4OS/c1-25(2)22-24-21(23)20(29-22)16-26(15-19-8-5-13-28-19)14-17-9-11-27(12-10-17)18-6-3-4-7-18/h17-19H,3-16H2,1-2H3/t19-/m1/s1. The first-order valence-corrected chi connectivity index (χ1v) is 12.7. The molecule has 3 fully saturated rings. The van der Waals surface area contributed by atoms with Crippen LogP contribution in [0.4, 0.5) is 5.13 Å². The summed E-state index contributed by atoms with van der Waals surface area (Å²) < 4.78 is 5.97. The highest BCUT2D eigenvalue weighted by atomic mass is 35.5. The van der Waals surface area contributed by atoms with Crippen LogP contribution in [0.2, 0.25) is 5.15 Å². The molecular formula is C22H37ClN4OS. The summed E-state index contributed by atoms with van der Waals surface area (Å²) >= 11 is 8.22. The molecule has 3 heterocycles. The maximum absolute atomic E-state index is 6.49. The van der Waals surface area contributed by atoms with Crippen LogP contribution in [0, 0.1) is 5.92 Å². The van der Waals surface area contributed by atoms with Crippen LogP contribution in [0.25, 0.3) is 0 Å². The lowest BCUT2D eigenvalue weighted by molar-refractivity contribution is 0.0543. The van der Waals surface area contributed by atoms with Gasteiger partial charge in [-0.05, 0) is 57.5 Å². The molecule has 0 aromatic carbocycles. The van der Waals surface area contributed by atoms with Gasteiger partial charge in [-0.25, -0.2) is 4.98 Å². The van der Waals surface area contributed by atoms with E-state index in [9.17, 15) is 0 Å². The number of thiazole rings is 1. The summed E-state index contributed by atoms with van der Waals surface area (Å²) in [6.45, 7) is 6.57. The van der Waals surface area contributed by atoms with Gasteiger partial charge in [0.25, 0.3) is 0 Å². The van der Waals surface area contributed by atoms with Crippen LogP contribution in [0.5, 0.6) is 0 Å². The van der Waals surface area contributed by atoms with Gasteiger partial charge in [0.15, 0.2) is 5.13 Å². The molecule has 29 heavy (non-hydrogen) atoms.